The third kappa shape index (κ3) is 2.92. The minimum atomic E-state index is -0.938. The summed E-state index contributed by atoms with van der Waals surface area (Å²) in [5, 5.41) is 12.9. The second-order valence-corrected chi connectivity index (χ2v) is 5.84. The molecule has 0 atom stereocenters. The second kappa shape index (κ2) is 6.50. The molecule has 28 heavy (non-hydrogen) atoms. The van der Waals surface area contributed by atoms with E-state index in [1.54, 1.807) is 18.2 Å². The highest BCUT2D eigenvalue weighted by Gasteiger charge is 2.37. The molecule has 2 aromatic rings. The molecule has 0 saturated carbocycles. The average molecular weight is 381 g/mol. The van der Waals surface area contributed by atoms with Crippen LogP contribution in [0.15, 0.2) is 48.0 Å². The number of nitro groups is 1. The van der Waals surface area contributed by atoms with Gasteiger partial charge in [0.15, 0.2) is 11.5 Å². The topological polar surface area (TPSA) is 128 Å². The first-order valence-electron chi connectivity index (χ1n) is 7.99. The number of carbonyl (C=O) groups excluding carboxylic acids is 3. The fourth-order valence-corrected chi connectivity index (χ4v) is 2.78. The number of anilines is 1. The van der Waals surface area contributed by atoms with Gasteiger partial charge in [0.25, 0.3) is 17.5 Å². The number of fused-ring (bicyclic) bond motifs is 1. The van der Waals surface area contributed by atoms with Crippen molar-refractivity contribution in [3.8, 4) is 11.5 Å². The Balaban J connectivity index is 1.68. The number of imide groups is 2. The Morgan fingerprint density at radius 1 is 1.04 bits per heavy atom. The summed E-state index contributed by atoms with van der Waals surface area (Å²) in [5.41, 5.74) is 0.135. The minimum Gasteiger partial charge on any atom is -0.454 e. The number of hydrogen-bond acceptors (Lipinski definition) is 7. The normalized spacial score (nSPS) is 17.1. The second-order valence-electron chi connectivity index (χ2n) is 5.84. The van der Waals surface area contributed by atoms with Crippen LogP contribution in [0.3, 0.4) is 0 Å². The Labute approximate surface area is 157 Å². The molecule has 0 spiro atoms. The number of non-ortho nitro benzene ring substituents is 1. The number of carbonyl (C=O) groups is 3. The number of nitro benzene ring substituents is 1. The van der Waals surface area contributed by atoms with Crippen molar-refractivity contribution in [1.29, 1.82) is 0 Å². The lowest BCUT2D eigenvalue weighted by Gasteiger charge is -2.26. The summed E-state index contributed by atoms with van der Waals surface area (Å²) in [4.78, 5) is 48.0. The molecule has 2 aromatic carbocycles. The summed E-state index contributed by atoms with van der Waals surface area (Å²) < 4.78 is 10.5. The first kappa shape index (κ1) is 17.2. The van der Waals surface area contributed by atoms with Gasteiger partial charge in [0.2, 0.25) is 6.79 Å². The minimum absolute atomic E-state index is 0.0806. The van der Waals surface area contributed by atoms with Crippen LogP contribution in [0.25, 0.3) is 6.08 Å². The van der Waals surface area contributed by atoms with Crippen molar-refractivity contribution >= 4 is 35.3 Å². The Morgan fingerprint density at radius 3 is 2.46 bits per heavy atom. The number of hydrogen-bond donors (Lipinski definition) is 1. The van der Waals surface area contributed by atoms with Crippen molar-refractivity contribution in [2.75, 3.05) is 11.7 Å². The molecule has 0 aromatic heterocycles. The number of nitrogens with zero attached hydrogens (tertiary/aromatic N) is 2. The van der Waals surface area contributed by atoms with Crippen LogP contribution in [0, 0.1) is 10.1 Å². The van der Waals surface area contributed by atoms with Crippen LogP contribution in [0.5, 0.6) is 11.5 Å². The average Bonchev–Trinajstić information content (AvgIpc) is 3.13. The lowest BCUT2D eigenvalue weighted by Crippen LogP contribution is -2.54. The highest BCUT2D eigenvalue weighted by Crippen LogP contribution is 2.33. The van der Waals surface area contributed by atoms with E-state index in [1.807, 2.05) is 0 Å². The molecule has 0 unspecified atom stereocenters. The van der Waals surface area contributed by atoms with Gasteiger partial charge in [-0.1, -0.05) is 6.07 Å². The number of urea groups is 1. The van der Waals surface area contributed by atoms with E-state index in [1.165, 1.54) is 18.2 Å². The van der Waals surface area contributed by atoms with Crippen LogP contribution in [-0.4, -0.2) is 29.6 Å². The van der Waals surface area contributed by atoms with E-state index in [9.17, 15) is 24.5 Å². The van der Waals surface area contributed by atoms with Gasteiger partial charge in [-0.05, 0) is 35.9 Å². The van der Waals surface area contributed by atoms with Crippen LogP contribution in [-0.2, 0) is 9.59 Å². The fraction of sp³-hybridized carbons (Fsp3) is 0.0556. The molecular weight excluding hydrogens is 370 g/mol. The fourth-order valence-electron chi connectivity index (χ4n) is 2.78. The molecule has 0 radical (unpaired) electrons. The Kier molecular flexibility index (Phi) is 4.00. The molecule has 0 aliphatic carbocycles. The molecule has 1 saturated heterocycles. The molecule has 4 rings (SSSR count). The summed E-state index contributed by atoms with van der Waals surface area (Å²) >= 11 is 0. The van der Waals surface area contributed by atoms with Crippen molar-refractivity contribution in [2.45, 2.75) is 0 Å². The van der Waals surface area contributed by atoms with Crippen molar-refractivity contribution in [1.82, 2.24) is 5.32 Å². The number of rotatable bonds is 3. The van der Waals surface area contributed by atoms with Crippen LogP contribution < -0.4 is 19.7 Å². The molecule has 10 heteroatoms. The summed E-state index contributed by atoms with van der Waals surface area (Å²) in [6.07, 6.45) is 1.32. The van der Waals surface area contributed by atoms with Gasteiger partial charge in [-0.25, -0.2) is 9.69 Å². The molecule has 4 amide bonds. The van der Waals surface area contributed by atoms with Gasteiger partial charge in [0, 0.05) is 12.1 Å². The van der Waals surface area contributed by atoms with E-state index >= 15 is 0 Å². The third-order valence-corrected chi connectivity index (χ3v) is 4.13. The SMILES string of the molecule is O=C1NC(=O)N(c2ccc([N+](=O)[O-])cc2)C(=O)/C1=C/c1ccc2c(c1)OCO2. The highest BCUT2D eigenvalue weighted by atomic mass is 16.7. The van der Waals surface area contributed by atoms with E-state index in [0.29, 0.717) is 17.1 Å². The smallest absolute Gasteiger partial charge is 0.335 e. The maximum absolute atomic E-state index is 12.8. The number of benzene rings is 2. The van der Waals surface area contributed by atoms with Gasteiger partial charge in [-0.15, -0.1) is 0 Å². The number of barbiturate groups is 1. The van der Waals surface area contributed by atoms with Gasteiger partial charge in [-0.2, -0.15) is 0 Å². The van der Waals surface area contributed by atoms with Gasteiger partial charge >= 0.3 is 6.03 Å². The zero-order chi connectivity index (χ0) is 19.8. The van der Waals surface area contributed by atoms with Gasteiger partial charge in [0.1, 0.15) is 5.57 Å². The largest absolute Gasteiger partial charge is 0.454 e. The van der Waals surface area contributed by atoms with Crippen molar-refractivity contribution in [3.05, 3.63) is 63.7 Å². The molecular formula is C18H11N3O7. The molecule has 0 bridgehead atoms. The maximum Gasteiger partial charge on any atom is 0.335 e. The first-order chi connectivity index (χ1) is 13.4. The predicted octanol–water partition coefficient (Wildman–Crippen LogP) is 1.99. The van der Waals surface area contributed by atoms with E-state index in [0.717, 1.165) is 17.0 Å². The summed E-state index contributed by atoms with van der Waals surface area (Å²) in [5.74, 6) is -0.670. The maximum atomic E-state index is 12.8. The summed E-state index contributed by atoms with van der Waals surface area (Å²) in [6, 6.07) is 8.76. The molecule has 2 heterocycles. The van der Waals surface area contributed by atoms with E-state index < -0.39 is 22.8 Å². The molecule has 1 N–H and O–H groups in total. The van der Waals surface area contributed by atoms with Crippen molar-refractivity contribution in [3.63, 3.8) is 0 Å². The lowest BCUT2D eigenvalue weighted by molar-refractivity contribution is -0.384. The monoisotopic (exact) mass is 381 g/mol. The molecule has 2 aliphatic rings. The quantitative estimate of drug-likeness (QED) is 0.373. The number of nitrogens with one attached hydrogen (secondary N) is 1. The molecule has 2 aliphatic heterocycles. The standard InChI is InChI=1S/C18H11N3O7/c22-16-13(7-10-1-6-14-15(8-10)28-9-27-14)17(23)20(18(24)19-16)11-2-4-12(5-3-11)21(25)26/h1-8H,9H2,(H,19,22,24)/b13-7+. The number of amides is 4. The van der Waals surface area contributed by atoms with Gasteiger partial charge < -0.3 is 9.47 Å². The summed E-state index contributed by atoms with van der Waals surface area (Å²) in [7, 11) is 0. The number of ether oxygens (including phenoxy) is 2. The Morgan fingerprint density at radius 2 is 1.75 bits per heavy atom. The van der Waals surface area contributed by atoms with Gasteiger partial charge in [-0.3, -0.25) is 25.0 Å². The van der Waals surface area contributed by atoms with Crippen molar-refractivity contribution in [2.24, 2.45) is 0 Å². The van der Waals surface area contributed by atoms with Crippen LogP contribution in [0.4, 0.5) is 16.2 Å². The molecule has 10 nitrogen and oxygen atoms in total. The third-order valence-electron chi connectivity index (χ3n) is 4.13. The van der Waals surface area contributed by atoms with E-state index in [4.69, 9.17) is 9.47 Å². The highest BCUT2D eigenvalue weighted by molar-refractivity contribution is 6.39. The summed E-state index contributed by atoms with van der Waals surface area (Å²) in [6.45, 7) is 0.0806. The predicted molar refractivity (Wildman–Crippen MR) is 94.7 cm³/mol. The zero-order valence-electron chi connectivity index (χ0n) is 14.1. The molecule has 140 valence electrons. The van der Waals surface area contributed by atoms with Crippen LogP contribution >= 0.6 is 0 Å². The van der Waals surface area contributed by atoms with E-state index in [2.05, 4.69) is 5.32 Å². The van der Waals surface area contributed by atoms with Crippen molar-refractivity contribution < 1.29 is 28.8 Å². The van der Waals surface area contributed by atoms with Crippen LogP contribution in [0.1, 0.15) is 5.56 Å². The van der Waals surface area contributed by atoms with Crippen LogP contribution in [0.2, 0.25) is 0 Å². The zero-order valence-corrected chi connectivity index (χ0v) is 14.1. The first-order valence-corrected chi connectivity index (χ1v) is 7.99. The van der Waals surface area contributed by atoms with Gasteiger partial charge in [0.05, 0.1) is 10.6 Å². The lowest BCUT2D eigenvalue weighted by atomic mass is 10.1. The molecule has 1 fully saturated rings. The Bertz CT molecular complexity index is 1060. The Hall–Kier alpha value is -4.21. The van der Waals surface area contributed by atoms with E-state index in [-0.39, 0.29) is 23.7 Å².